The maximum Gasteiger partial charge on any atom is 0.337 e. The smallest absolute Gasteiger partial charge is 0.337 e. The van der Waals surface area contributed by atoms with Gasteiger partial charge in [0.1, 0.15) is 0 Å². The number of aliphatic carboxylic acids is 1. The number of rotatable bonds is 5. The standard InChI is InChI=1S/C11H14O5S/c1-15-7-4-6(9(12)11(13)14)5-8(17-3)10(7)16-2/h4-5,9,12H,1-3H3,(H,13,14). The molecule has 0 aliphatic heterocycles. The third-order valence-electron chi connectivity index (χ3n) is 2.24. The first kappa shape index (κ1) is 13.7. The van der Waals surface area contributed by atoms with Crippen molar-refractivity contribution < 1.29 is 24.5 Å². The fourth-order valence-electron chi connectivity index (χ4n) is 1.40. The van der Waals surface area contributed by atoms with Gasteiger partial charge in [0, 0.05) is 0 Å². The van der Waals surface area contributed by atoms with E-state index in [1.165, 1.54) is 32.0 Å². The summed E-state index contributed by atoms with van der Waals surface area (Å²) in [5.74, 6) is -0.375. The average molecular weight is 258 g/mol. The van der Waals surface area contributed by atoms with E-state index in [1.807, 2.05) is 6.26 Å². The Labute approximate surface area is 103 Å². The highest BCUT2D eigenvalue weighted by molar-refractivity contribution is 7.98. The van der Waals surface area contributed by atoms with E-state index in [4.69, 9.17) is 14.6 Å². The summed E-state index contributed by atoms with van der Waals surface area (Å²) in [6.45, 7) is 0. The Bertz CT molecular complexity index is 393. The van der Waals surface area contributed by atoms with Crippen molar-refractivity contribution in [2.75, 3.05) is 20.5 Å². The zero-order chi connectivity index (χ0) is 13.0. The molecule has 0 saturated heterocycles. The number of aliphatic hydroxyl groups is 1. The third-order valence-corrected chi connectivity index (χ3v) is 2.98. The number of thioether (sulfide) groups is 1. The second-order valence-corrected chi connectivity index (χ2v) is 4.05. The van der Waals surface area contributed by atoms with Crippen LogP contribution in [-0.4, -0.2) is 36.7 Å². The number of ether oxygens (including phenoxy) is 2. The van der Waals surface area contributed by atoms with Gasteiger partial charge in [-0.25, -0.2) is 4.79 Å². The summed E-state index contributed by atoms with van der Waals surface area (Å²) in [5.41, 5.74) is 0.263. The molecule has 0 spiro atoms. The van der Waals surface area contributed by atoms with Gasteiger partial charge in [0.2, 0.25) is 0 Å². The van der Waals surface area contributed by atoms with Crippen molar-refractivity contribution in [2.45, 2.75) is 11.0 Å². The highest BCUT2D eigenvalue weighted by Gasteiger charge is 2.20. The minimum atomic E-state index is -1.57. The topological polar surface area (TPSA) is 76.0 Å². The predicted molar refractivity (Wildman–Crippen MR) is 63.9 cm³/mol. The lowest BCUT2D eigenvalue weighted by Gasteiger charge is -2.15. The molecule has 0 heterocycles. The minimum Gasteiger partial charge on any atom is -0.493 e. The van der Waals surface area contributed by atoms with Crippen LogP contribution in [0, 0.1) is 0 Å². The first-order valence-corrected chi connectivity index (χ1v) is 5.98. The predicted octanol–water partition coefficient (Wildman–Crippen LogP) is 1.54. The van der Waals surface area contributed by atoms with Crippen LogP contribution < -0.4 is 9.47 Å². The van der Waals surface area contributed by atoms with Gasteiger partial charge in [-0.2, -0.15) is 0 Å². The lowest BCUT2D eigenvalue weighted by Crippen LogP contribution is -2.11. The van der Waals surface area contributed by atoms with Gasteiger partial charge in [-0.1, -0.05) is 0 Å². The van der Waals surface area contributed by atoms with Crippen molar-refractivity contribution in [3.8, 4) is 11.5 Å². The summed E-state index contributed by atoms with van der Waals surface area (Å²) in [5, 5.41) is 18.3. The summed E-state index contributed by atoms with van der Waals surface area (Å²) < 4.78 is 10.3. The zero-order valence-electron chi connectivity index (χ0n) is 9.76. The van der Waals surface area contributed by atoms with Gasteiger partial charge >= 0.3 is 5.97 Å². The normalized spacial score (nSPS) is 12.0. The second-order valence-electron chi connectivity index (χ2n) is 3.20. The summed E-state index contributed by atoms with van der Waals surface area (Å²) in [7, 11) is 2.96. The van der Waals surface area contributed by atoms with E-state index in [0.717, 1.165) is 0 Å². The third kappa shape index (κ3) is 2.83. The van der Waals surface area contributed by atoms with Crippen molar-refractivity contribution in [2.24, 2.45) is 0 Å². The number of hydrogen-bond donors (Lipinski definition) is 2. The van der Waals surface area contributed by atoms with Gasteiger partial charge in [-0.05, 0) is 24.0 Å². The molecule has 0 radical (unpaired) electrons. The van der Waals surface area contributed by atoms with Crippen LogP contribution in [0.4, 0.5) is 0 Å². The van der Waals surface area contributed by atoms with Crippen LogP contribution >= 0.6 is 11.8 Å². The molecule has 94 valence electrons. The van der Waals surface area contributed by atoms with E-state index in [9.17, 15) is 9.90 Å². The van der Waals surface area contributed by atoms with E-state index in [-0.39, 0.29) is 5.56 Å². The summed E-state index contributed by atoms with van der Waals surface area (Å²) >= 11 is 1.38. The summed E-state index contributed by atoms with van der Waals surface area (Å²) in [6.07, 6.45) is 0.259. The number of carbonyl (C=O) groups is 1. The number of methoxy groups -OCH3 is 2. The van der Waals surface area contributed by atoms with Gasteiger partial charge in [-0.3, -0.25) is 0 Å². The molecule has 6 heteroatoms. The zero-order valence-corrected chi connectivity index (χ0v) is 10.6. The monoisotopic (exact) mass is 258 g/mol. The molecule has 0 aromatic heterocycles. The number of aliphatic hydroxyl groups excluding tert-OH is 1. The second kappa shape index (κ2) is 5.79. The number of carboxylic acids is 1. The summed E-state index contributed by atoms with van der Waals surface area (Å²) in [6, 6.07) is 3.03. The number of carboxylic acid groups (broad SMARTS) is 1. The van der Waals surface area contributed by atoms with Crippen molar-refractivity contribution in [3.05, 3.63) is 17.7 Å². The maximum absolute atomic E-state index is 10.7. The highest BCUT2D eigenvalue weighted by Crippen LogP contribution is 2.39. The van der Waals surface area contributed by atoms with Crippen molar-refractivity contribution in [3.63, 3.8) is 0 Å². The Morgan fingerprint density at radius 3 is 2.41 bits per heavy atom. The van der Waals surface area contributed by atoms with Gasteiger partial charge in [-0.15, -0.1) is 11.8 Å². The maximum atomic E-state index is 10.7. The molecule has 0 aliphatic rings. The largest absolute Gasteiger partial charge is 0.493 e. The SMILES string of the molecule is COc1cc(C(O)C(=O)O)cc(SC)c1OC. The summed E-state index contributed by atoms with van der Waals surface area (Å²) in [4.78, 5) is 11.4. The van der Waals surface area contributed by atoms with Gasteiger partial charge in [0.15, 0.2) is 17.6 Å². The molecule has 1 unspecified atom stereocenters. The fourth-order valence-corrected chi connectivity index (χ4v) is 2.03. The van der Waals surface area contributed by atoms with Gasteiger partial charge < -0.3 is 19.7 Å². The molecule has 0 saturated carbocycles. The molecule has 0 fully saturated rings. The molecule has 2 N–H and O–H groups in total. The van der Waals surface area contributed by atoms with Gasteiger partial charge in [0.25, 0.3) is 0 Å². The first-order chi connectivity index (χ1) is 8.04. The van der Waals surface area contributed by atoms with Crippen molar-refractivity contribution in [1.82, 2.24) is 0 Å². The molecule has 1 atom stereocenters. The molecular weight excluding hydrogens is 244 g/mol. The molecule has 0 aliphatic carbocycles. The van der Waals surface area contributed by atoms with Crippen LogP contribution in [0.5, 0.6) is 11.5 Å². The molecule has 0 amide bonds. The Kier molecular flexibility index (Phi) is 4.65. The van der Waals surface area contributed by atoms with E-state index in [1.54, 1.807) is 6.07 Å². The molecule has 1 rings (SSSR count). The fraction of sp³-hybridized carbons (Fsp3) is 0.364. The molecule has 0 bridgehead atoms. The highest BCUT2D eigenvalue weighted by atomic mass is 32.2. The Morgan fingerprint density at radius 2 is 2.00 bits per heavy atom. The van der Waals surface area contributed by atoms with Gasteiger partial charge in [0.05, 0.1) is 19.1 Å². The van der Waals surface area contributed by atoms with Crippen LogP contribution in [0.15, 0.2) is 17.0 Å². The molecular formula is C11H14O5S. The van der Waals surface area contributed by atoms with Crippen LogP contribution in [0.3, 0.4) is 0 Å². The van der Waals surface area contributed by atoms with Crippen LogP contribution in [-0.2, 0) is 4.79 Å². The molecule has 1 aromatic rings. The van der Waals surface area contributed by atoms with E-state index >= 15 is 0 Å². The Hall–Kier alpha value is -1.40. The number of hydrogen-bond acceptors (Lipinski definition) is 5. The van der Waals surface area contributed by atoms with E-state index < -0.39 is 12.1 Å². The number of benzene rings is 1. The molecule has 1 aromatic carbocycles. The van der Waals surface area contributed by atoms with Crippen LogP contribution in [0.1, 0.15) is 11.7 Å². The van der Waals surface area contributed by atoms with E-state index in [2.05, 4.69) is 0 Å². The molecule has 5 nitrogen and oxygen atoms in total. The van der Waals surface area contributed by atoms with E-state index in [0.29, 0.717) is 16.4 Å². The lowest BCUT2D eigenvalue weighted by molar-refractivity contribution is -0.146. The lowest BCUT2D eigenvalue weighted by atomic mass is 10.1. The Balaban J connectivity index is 3.31. The Morgan fingerprint density at radius 1 is 1.35 bits per heavy atom. The van der Waals surface area contributed by atoms with Crippen LogP contribution in [0.25, 0.3) is 0 Å². The first-order valence-electron chi connectivity index (χ1n) is 4.76. The van der Waals surface area contributed by atoms with Crippen molar-refractivity contribution in [1.29, 1.82) is 0 Å². The van der Waals surface area contributed by atoms with Crippen molar-refractivity contribution >= 4 is 17.7 Å². The minimum absolute atomic E-state index is 0.263. The quantitative estimate of drug-likeness (QED) is 0.780. The van der Waals surface area contributed by atoms with Crippen LogP contribution in [0.2, 0.25) is 0 Å². The average Bonchev–Trinajstić information content (AvgIpc) is 2.35. The molecule has 17 heavy (non-hydrogen) atoms.